The van der Waals surface area contributed by atoms with Crippen LogP contribution in [-0.2, 0) is 20.5 Å². The van der Waals surface area contributed by atoms with Gasteiger partial charge in [-0.25, -0.2) is 0 Å². The van der Waals surface area contributed by atoms with E-state index in [1.807, 2.05) is 18.2 Å². The van der Waals surface area contributed by atoms with E-state index >= 15 is 0 Å². The Morgan fingerprint density at radius 2 is 1.32 bits per heavy atom. The molecule has 0 bridgehead atoms. The summed E-state index contributed by atoms with van der Waals surface area (Å²) < 4.78 is 33.0. The average molecular weight is 846 g/mol. The van der Waals surface area contributed by atoms with Gasteiger partial charge in [-0.05, 0) is 0 Å². The molecule has 6 heteroatoms. The Morgan fingerprint density at radius 3 is 1.77 bits per heavy atom. The van der Waals surface area contributed by atoms with Gasteiger partial charge in [0.1, 0.15) is 0 Å². The van der Waals surface area contributed by atoms with Crippen molar-refractivity contribution in [2.24, 2.45) is 0 Å². The Bertz CT molecular complexity index is 1470. The van der Waals surface area contributed by atoms with Crippen molar-refractivity contribution in [3.8, 4) is 5.75 Å². The first-order valence-corrected chi connectivity index (χ1v) is 30.5. The minimum atomic E-state index is -2.78. The zero-order valence-electron chi connectivity index (χ0n) is 34.4. The number of hydrogen-bond acceptors (Lipinski definition) is 4. The zero-order valence-corrected chi connectivity index (χ0v) is 38.3. The summed E-state index contributed by atoms with van der Waals surface area (Å²) in [4.78, 5) is 0. The topological polar surface area (TPSA) is 36.9 Å². The van der Waals surface area contributed by atoms with Gasteiger partial charge in [0.25, 0.3) is 0 Å². The van der Waals surface area contributed by atoms with Crippen molar-refractivity contribution >= 4 is 37.1 Å². The molecular weight excluding hydrogens is 775 g/mol. The molecule has 3 aromatic rings. The summed E-state index contributed by atoms with van der Waals surface area (Å²) in [5, 5.41) is 2.50. The molecule has 0 unspecified atom stereocenters. The van der Waals surface area contributed by atoms with Crippen molar-refractivity contribution in [3.63, 3.8) is 0 Å². The van der Waals surface area contributed by atoms with Crippen molar-refractivity contribution in [3.05, 3.63) is 114 Å². The fraction of sp³-hybridized carbons (Fsp3) is 0.532. The molecule has 0 aliphatic carbocycles. The van der Waals surface area contributed by atoms with Crippen LogP contribution in [0.15, 0.2) is 109 Å². The van der Waals surface area contributed by atoms with Crippen LogP contribution in [0, 0.1) is 0 Å². The van der Waals surface area contributed by atoms with E-state index in [1.165, 1.54) is 77.8 Å². The predicted octanol–water partition coefficient (Wildman–Crippen LogP) is 11.7. The molecule has 4 nitrogen and oxygen atoms in total. The molecule has 0 N–H and O–H groups in total. The van der Waals surface area contributed by atoms with Crippen LogP contribution in [0.2, 0.25) is 22.8 Å². The number of rotatable bonds is 22. The van der Waals surface area contributed by atoms with E-state index in [-0.39, 0.29) is 23.4 Å². The van der Waals surface area contributed by atoms with Crippen LogP contribution in [0.5, 0.6) is 5.75 Å². The second-order valence-electron chi connectivity index (χ2n) is 16.4. The van der Waals surface area contributed by atoms with Crippen molar-refractivity contribution in [2.75, 3.05) is 13.7 Å². The van der Waals surface area contributed by atoms with Crippen LogP contribution in [0.25, 0.3) is 0 Å². The molecule has 3 aromatic carbocycles. The minimum absolute atomic E-state index is 0.111. The second kappa shape index (κ2) is 21.2. The first-order chi connectivity index (χ1) is 25.6. The van der Waals surface area contributed by atoms with Crippen molar-refractivity contribution in [2.45, 2.75) is 141 Å². The van der Waals surface area contributed by atoms with E-state index < -0.39 is 26.7 Å². The van der Waals surface area contributed by atoms with Crippen molar-refractivity contribution in [1.82, 2.24) is 0 Å². The van der Waals surface area contributed by atoms with Gasteiger partial charge in [0.05, 0.1) is 0 Å². The summed E-state index contributed by atoms with van der Waals surface area (Å²) in [7, 11) is -1.07. The van der Waals surface area contributed by atoms with Gasteiger partial charge in [-0.2, -0.15) is 0 Å². The summed E-state index contributed by atoms with van der Waals surface area (Å²) >= 11 is -2.70. The van der Waals surface area contributed by atoms with Gasteiger partial charge in [0, 0.05) is 0 Å². The quantitative estimate of drug-likeness (QED) is 0.0746. The molecule has 0 spiro atoms. The molecule has 0 amide bonds. The molecule has 0 saturated carbocycles. The average Bonchev–Trinajstić information content (AvgIpc) is 3.17. The van der Waals surface area contributed by atoms with Gasteiger partial charge < -0.3 is 0 Å². The molecular formula is C47H70O4SiSn. The van der Waals surface area contributed by atoms with E-state index in [0.717, 1.165) is 17.7 Å². The number of methoxy groups -OCH3 is 1. The Balaban J connectivity index is 1.83. The molecule has 4 rings (SSSR count). The van der Waals surface area contributed by atoms with Crippen LogP contribution in [0.3, 0.4) is 0 Å². The van der Waals surface area contributed by atoms with Gasteiger partial charge in [0.15, 0.2) is 0 Å². The van der Waals surface area contributed by atoms with Crippen LogP contribution in [-0.4, -0.2) is 58.7 Å². The van der Waals surface area contributed by atoms with E-state index in [9.17, 15) is 0 Å². The zero-order chi connectivity index (χ0) is 38.3. The van der Waals surface area contributed by atoms with E-state index in [0.29, 0.717) is 13.2 Å². The van der Waals surface area contributed by atoms with Gasteiger partial charge in [-0.3, -0.25) is 0 Å². The maximum atomic E-state index is 7.68. The fourth-order valence-electron chi connectivity index (χ4n) is 8.62. The van der Waals surface area contributed by atoms with Crippen LogP contribution < -0.4 is 15.1 Å². The van der Waals surface area contributed by atoms with Crippen molar-refractivity contribution < 1.29 is 18.6 Å². The maximum absolute atomic E-state index is 7.68. The molecule has 53 heavy (non-hydrogen) atoms. The summed E-state index contributed by atoms with van der Waals surface area (Å²) in [6.07, 6.45) is 10.2. The summed E-state index contributed by atoms with van der Waals surface area (Å²) in [5.41, 5.74) is 4.00. The third-order valence-electron chi connectivity index (χ3n) is 11.6. The molecule has 0 fully saturated rings. The molecule has 290 valence electrons. The Labute approximate surface area is 328 Å². The van der Waals surface area contributed by atoms with E-state index in [2.05, 4.69) is 128 Å². The van der Waals surface area contributed by atoms with Crippen molar-refractivity contribution in [1.29, 1.82) is 0 Å². The van der Waals surface area contributed by atoms with Gasteiger partial charge >= 0.3 is 331 Å². The third kappa shape index (κ3) is 11.2. The van der Waals surface area contributed by atoms with E-state index in [1.54, 1.807) is 7.11 Å². The molecule has 3 atom stereocenters. The van der Waals surface area contributed by atoms with Crippen LogP contribution in [0.1, 0.15) is 99.0 Å². The summed E-state index contributed by atoms with van der Waals surface area (Å²) in [5.74, 6) is 0.858. The molecule has 1 heterocycles. The number of unbranched alkanes of at least 4 members (excludes halogenated alkanes) is 3. The first-order valence-electron chi connectivity index (χ1n) is 20.5. The summed E-state index contributed by atoms with van der Waals surface area (Å²) in [6.45, 7) is 21.8. The van der Waals surface area contributed by atoms with Gasteiger partial charge in [-0.1, -0.05) is 0 Å². The third-order valence-corrected chi connectivity index (χ3v) is 31.9. The van der Waals surface area contributed by atoms with E-state index in [4.69, 9.17) is 18.6 Å². The molecule has 1 aliphatic heterocycles. The monoisotopic (exact) mass is 846 g/mol. The molecule has 1 aliphatic rings. The fourth-order valence-corrected chi connectivity index (χ4v) is 30.0. The SMILES string of the molecule is C=CC[C@H]1O[C@H](CO[Si](c2ccccc2)(c2ccccc2)C(C)(C)C)C([CH2][Sn]([CH2]CCC)([CH2]CCC)[CH2]CCC)=C(C)[C@H]1OCc1ccc(OC)cc1. The Hall–Kier alpha value is -2.16. The number of ether oxygens (including phenoxy) is 3. The normalized spacial score (nSPS) is 18.3. The summed E-state index contributed by atoms with van der Waals surface area (Å²) in [6, 6.07) is 30.3. The van der Waals surface area contributed by atoms with Gasteiger partial charge in [-0.15, -0.1) is 0 Å². The second-order valence-corrected chi connectivity index (χ2v) is 34.6. The van der Waals surface area contributed by atoms with Crippen LogP contribution >= 0.6 is 0 Å². The molecule has 0 radical (unpaired) electrons. The molecule has 0 aromatic heterocycles. The first kappa shape index (κ1) is 43.6. The standard InChI is InChI=1S/C35H43O4Si.3C4H9.Sn/c1-8-15-32-34(37-24-28-20-22-29(36-7)23-21-28)27(3)26(2)33(39-32)25-38-40(35(4,5)6,30-16-11-9-12-17-30)31-18-13-10-14-19-31;3*1-3-4-2;/h8-14,16-23,32-34H,1-2,15,24-25H2,3-7H3;3*1,3-4H2,2H3;/t32-,33-,34-;;;;/m1..../s1. The number of benzene rings is 3. The Morgan fingerprint density at radius 1 is 0.792 bits per heavy atom. The Kier molecular flexibility index (Phi) is 17.4. The van der Waals surface area contributed by atoms with Crippen LogP contribution in [0.4, 0.5) is 0 Å². The molecule has 0 saturated heterocycles. The van der Waals surface area contributed by atoms with Gasteiger partial charge in [0.2, 0.25) is 0 Å². The predicted molar refractivity (Wildman–Crippen MR) is 231 cm³/mol. The number of hydrogen-bond donors (Lipinski definition) is 0.